The normalized spacial score (nSPS) is 33.9. The minimum Gasteiger partial charge on any atom is -0.365 e. The summed E-state index contributed by atoms with van der Waals surface area (Å²) in [6.07, 6.45) is 0.549. The van der Waals surface area contributed by atoms with Gasteiger partial charge in [-0.2, -0.15) is 0 Å². The lowest BCUT2D eigenvalue weighted by atomic mass is 10.5. The summed E-state index contributed by atoms with van der Waals surface area (Å²) in [7, 11) is 0. The maximum Gasteiger partial charge on any atom is 0.165 e. The topological polar surface area (TPSA) is 75.5 Å². The molecule has 5 N–H and O–H groups in total. The Labute approximate surface area is 42.6 Å². The fraction of sp³-hybridized carbons (Fsp3) is 1.00. The van der Waals surface area contributed by atoms with E-state index < -0.39 is 5.79 Å². The Kier molecular flexibility index (Phi) is 1.41. The highest BCUT2D eigenvalue weighted by Crippen LogP contribution is 2.39. The maximum atomic E-state index is 8.46. The van der Waals surface area contributed by atoms with Gasteiger partial charge in [-0.15, -0.1) is 0 Å². The van der Waals surface area contributed by atoms with Gasteiger partial charge in [0.2, 0.25) is 0 Å². The van der Waals surface area contributed by atoms with Gasteiger partial charge in [0, 0.05) is 12.3 Å². The lowest BCUT2D eigenvalue weighted by Crippen LogP contribution is -2.05. The van der Waals surface area contributed by atoms with E-state index in [0.717, 1.165) is 0 Å². The van der Waals surface area contributed by atoms with Crippen LogP contribution in [-0.2, 0) is 0 Å². The van der Waals surface area contributed by atoms with Crippen LogP contribution in [0.4, 0.5) is 0 Å². The third-order valence-electron chi connectivity index (χ3n) is 1.24. The molecule has 0 aromatic heterocycles. The van der Waals surface area contributed by atoms with Crippen molar-refractivity contribution in [1.29, 1.82) is 0 Å². The molecule has 1 unspecified atom stereocenters. The number of rotatable bonds is 0. The summed E-state index contributed by atoms with van der Waals surface area (Å²) in [6.45, 7) is 1.81. The van der Waals surface area contributed by atoms with E-state index in [2.05, 4.69) is 0 Å². The molecule has 0 amide bonds. The van der Waals surface area contributed by atoms with Gasteiger partial charge in [0.25, 0.3) is 0 Å². The average Bonchev–Trinajstić information content (AvgIpc) is 1.73. The van der Waals surface area contributed by atoms with Gasteiger partial charge in [0.05, 0.1) is 0 Å². The molecular formula is C4H11NO2. The minimum atomic E-state index is -1.29. The largest absolute Gasteiger partial charge is 0.365 e. The Bertz CT molecular complexity index is 72.1. The van der Waals surface area contributed by atoms with Crippen LogP contribution < -0.4 is 6.15 Å². The molecule has 1 fully saturated rings. The van der Waals surface area contributed by atoms with Crippen LogP contribution in [0.25, 0.3) is 0 Å². The van der Waals surface area contributed by atoms with Crippen molar-refractivity contribution >= 4 is 0 Å². The second-order valence-electron chi connectivity index (χ2n) is 1.98. The van der Waals surface area contributed by atoms with E-state index in [9.17, 15) is 0 Å². The molecule has 0 radical (unpaired) electrons. The molecule has 7 heavy (non-hydrogen) atoms. The molecule has 3 nitrogen and oxygen atoms in total. The smallest absolute Gasteiger partial charge is 0.165 e. The SMILES string of the molecule is CC1CC1(O)O.N. The summed E-state index contributed by atoms with van der Waals surface area (Å²) in [5, 5.41) is 16.9. The first kappa shape index (κ1) is 6.88. The van der Waals surface area contributed by atoms with Gasteiger partial charge in [0.15, 0.2) is 5.79 Å². The second-order valence-corrected chi connectivity index (χ2v) is 1.98. The summed E-state index contributed by atoms with van der Waals surface area (Å²) in [5.74, 6) is -1.18. The van der Waals surface area contributed by atoms with Crippen molar-refractivity contribution in [3.05, 3.63) is 0 Å². The Hall–Kier alpha value is -0.120. The molecule has 1 aliphatic rings. The molecule has 3 heteroatoms. The van der Waals surface area contributed by atoms with Crippen molar-refractivity contribution < 1.29 is 10.2 Å². The third kappa shape index (κ3) is 1.12. The molecule has 1 saturated carbocycles. The van der Waals surface area contributed by atoms with E-state index in [1.165, 1.54) is 0 Å². The fourth-order valence-corrected chi connectivity index (χ4v) is 0.392. The molecule has 1 aliphatic carbocycles. The van der Waals surface area contributed by atoms with Crippen LogP contribution in [-0.4, -0.2) is 16.0 Å². The lowest BCUT2D eigenvalue weighted by Gasteiger charge is -1.91. The Morgan fingerprint density at radius 1 is 1.57 bits per heavy atom. The Balaban J connectivity index is 0.000000360. The molecule has 0 saturated heterocycles. The summed E-state index contributed by atoms with van der Waals surface area (Å²) < 4.78 is 0. The molecule has 44 valence electrons. The van der Waals surface area contributed by atoms with Gasteiger partial charge in [-0.25, -0.2) is 0 Å². The van der Waals surface area contributed by atoms with Gasteiger partial charge in [0.1, 0.15) is 0 Å². The van der Waals surface area contributed by atoms with Gasteiger partial charge in [-0.05, 0) is 0 Å². The molecule has 1 atom stereocenters. The highest BCUT2D eigenvalue weighted by atomic mass is 16.5. The van der Waals surface area contributed by atoms with E-state index in [4.69, 9.17) is 10.2 Å². The maximum absolute atomic E-state index is 8.46. The first-order valence-electron chi connectivity index (χ1n) is 2.08. The van der Waals surface area contributed by atoms with Crippen LogP contribution in [0.1, 0.15) is 13.3 Å². The van der Waals surface area contributed by atoms with E-state index >= 15 is 0 Å². The summed E-state index contributed by atoms with van der Waals surface area (Å²) >= 11 is 0. The van der Waals surface area contributed by atoms with Crippen molar-refractivity contribution in [2.75, 3.05) is 0 Å². The first-order chi connectivity index (χ1) is 2.63. The summed E-state index contributed by atoms with van der Waals surface area (Å²) in [6, 6.07) is 0. The standard InChI is InChI=1S/C4H8O2.H3N/c1-3-2-4(3,5)6;/h3,5-6H,2H2,1H3;1H3. The summed E-state index contributed by atoms with van der Waals surface area (Å²) in [4.78, 5) is 0. The number of hydrogen-bond acceptors (Lipinski definition) is 3. The predicted octanol–water partition coefficient (Wildman–Crippen LogP) is -0.131. The molecule has 0 bridgehead atoms. The monoisotopic (exact) mass is 105 g/mol. The molecule has 0 aromatic rings. The van der Waals surface area contributed by atoms with Crippen LogP contribution in [0.15, 0.2) is 0 Å². The third-order valence-corrected chi connectivity index (χ3v) is 1.24. The van der Waals surface area contributed by atoms with Crippen molar-refractivity contribution in [2.24, 2.45) is 5.92 Å². The molecule has 1 rings (SSSR count). The van der Waals surface area contributed by atoms with Crippen molar-refractivity contribution in [2.45, 2.75) is 19.1 Å². The zero-order chi connectivity index (χ0) is 4.78. The zero-order valence-electron chi connectivity index (χ0n) is 4.39. The van der Waals surface area contributed by atoms with Crippen LogP contribution >= 0.6 is 0 Å². The van der Waals surface area contributed by atoms with E-state index in [1.54, 1.807) is 6.92 Å². The minimum absolute atomic E-state index is 0. The van der Waals surface area contributed by atoms with Crippen molar-refractivity contribution in [3.63, 3.8) is 0 Å². The average molecular weight is 105 g/mol. The quantitative estimate of drug-likeness (QED) is 0.375. The molecule has 0 spiro atoms. The van der Waals surface area contributed by atoms with E-state index in [-0.39, 0.29) is 12.1 Å². The Morgan fingerprint density at radius 2 is 1.71 bits per heavy atom. The second kappa shape index (κ2) is 1.43. The first-order valence-corrected chi connectivity index (χ1v) is 2.08. The molecule has 0 heterocycles. The van der Waals surface area contributed by atoms with Crippen LogP contribution in [0.2, 0.25) is 0 Å². The summed E-state index contributed by atoms with van der Waals surface area (Å²) in [5.41, 5.74) is 0. The highest BCUT2D eigenvalue weighted by molar-refractivity contribution is 4.89. The van der Waals surface area contributed by atoms with Crippen LogP contribution in [0.5, 0.6) is 0 Å². The lowest BCUT2D eigenvalue weighted by molar-refractivity contribution is -0.0801. The van der Waals surface area contributed by atoms with Crippen LogP contribution in [0, 0.1) is 5.92 Å². The van der Waals surface area contributed by atoms with Crippen LogP contribution in [0.3, 0.4) is 0 Å². The molecular weight excluding hydrogens is 94.0 g/mol. The van der Waals surface area contributed by atoms with E-state index in [1.807, 2.05) is 0 Å². The fourth-order valence-electron chi connectivity index (χ4n) is 0.392. The van der Waals surface area contributed by atoms with E-state index in [0.29, 0.717) is 6.42 Å². The van der Waals surface area contributed by atoms with Gasteiger partial charge < -0.3 is 16.4 Å². The number of hydrogen-bond donors (Lipinski definition) is 3. The number of aliphatic hydroxyl groups is 2. The van der Waals surface area contributed by atoms with Gasteiger partial charge in [-0.1, -0.05) is 6.92 Å². The van der Waals surface area contributed by atoms with Crippen molar-refractivity contribution in [1.82, 2.24) is 6.15 Å². The molecule has 0 aliphatic heterocycles. The zero-order valence-corrected chi connectivity index (χ0v) is 4.39. The predicted molar refractivity (Wildman–Crippen MR) is 26.0 cm³/mol. The van der Waals surface area contributed by atoms with Gasteiger partial charge in [-0.3, -0.25) is 0 Å². The molecule has 0 aromatic carbocycles. The van der Waals surface area contributed by atoms with Crippen molar-refractivity contribution in [3.8, 4) is 0 Å². The Morgan fingerprint density at radius 3 is 1.71 bits per heavy atom. The van der Waals surface area contributed by atoms with Gasteiger partial charge >= 0.3 is 0 Å². The highest BCUT2D eigenvalue weighted by Gasteiger charge is 2.47.